The van der Waals surface area contributed by atoms with Crippen molar-refractivity contribution >= 4 is 22.6 Å². The predicted octanol–water partition coefficient (Wildman–Crippen LogP) is 0.302. The first-order valence-corrected chi connectivity index (χ1v) is 9.17. The largest absolute Gasteiger partial charge is 0.290 e. The average Bonchev–Trinajstić information content (AvgIpc) is 3.25. The summed E-state index contributed by atoms with van der Waals surface area (Å²) in [6.07, 6.45) is 0.534. The summed E-state index contributed by atoms with van der Waals surface area (Å²) in [5.74, 6) is -0.978. The first-order valence-electron chi connectivity index (χ1n) is 9.17. The van der Waals surface area contributed by atoms with E-state index in [0.717, 1.165) is 10.2 Å². The van der Waals surface area contributed by atoms with Gasteiger partial charge in [0.05, 0.1) is 5.39 Å². The van der Waals surface area contributed by atoms with Gasteiger partial charge < -0.3 is 0 Å². The number of hydrogen-bond acceptors (Lipinski definition) is 6. The summed E-state index contributed by atoms with van der Waals surface area (Å²) >= 11 is 0. The molecule has 1 aliphatic rings. The Kier molecular flexibility index (Phi) is 5.07. The van der Waals surface area contributed by atoms with Gasteiger partial charge in [-0.1, -0.05) is 48.5 Å². The highest BCUT2D eigenvalue weighted by atomic mass is 16.2. The fourth-order valence-electron chi connectivity index (χ4n) is 3.36. The van der Waals surface area contributed by atoms with Crippen molar-refractivity contribution in [2.75, 3.05) is 0 Å². The second-order valence-corrected chi connectivity index (χ2v) is 6.81. The number of carbonyl (C=O) groups is 2. The monoisotopic (exact) mass is 392 g/mol. The van der Waals surface area contributed by atoms with Crippen molar-refractivity contribution in [3.63, 3.8) is 0 Å². The van der Waals surface area contributed by atoms with Crippen LogP contribution in [0.25, 0.3) is 10.8 Å². The molecule has 1 fully saturated rings. The molecule has 0 spiro atoms. The van der Waals surface area contributed by atoms with E-state index in [-0.39, 0.29) is 23.2 Å². The van der Waals surface area contributed by atoms with E-state index in [0.29, 0.717) is 17.2 Å². The van der Waals surface area contributed by atoms with Gasteiger partial charge in [-0.25, -0.2) is 15.5 Å². The summed E-state index contributed by atoms with van der Waals surface area (Å²) in [5.41, 5.74) is 11.7. The van der Waals surface area contributed by atoms with Gasteiger partial charge in [0.15, 0.2) is 5.69 Å². The standard InChI is InChI=1S/C20H20N6O3/c1-26-20(29)14-10-6-5-9-13(14)17(25-26)19(28)24-23-18(27)16-11-15(21-22-16)12-7-3-2-4-8-12/h2-10,15-16,21-22H,11H2,1H3,(H,23,27)(H,24,28). The number of benzene rings is 2. The third-order valence-electron chi connectivity index (χ3n) is 4.89. The summed E-state index contributed by atoms with van der Waals surface area (Å²) < 4.78 is 1.10. The molecule has 9 heteroatoms. The van der Waals surface area contributed by atoms with E-state index in [9.17, 15) is 14.4 Å². The smallest absolute Gasteiger partial charge is 0.271 e. The Labute approximate surface area is 166 Å². The second kappa shape index (κ2) is 7.82. The van der Waals surface area contributed by atoms with E-state index in [2.05, 4.69) is 26.8 Å². The van der Waals surface area contributed by atoms with Gasteiger partial charge in [0.1, 0.15) is 6.04 Å². The van der Waals surface area contributed by atoms with Crippen LogP contribution in [0.15, 0.2) is 59.4 Å². The summed E-state index contributed by atoms with van der Waals surface area (Å²) in [6.45, 7) is 0. The van der Waals surface area contributed by atoms with Crippen LogP contribution in [0.2, 0.25) is 0 Å². The topological polar surface area (TPSA) is 117 Å². The number of nitrogens with one attached hydrogen (secondary N) is 4. The van der Waals surface area contributed by atoms with Crippen molar-refractivity contribution in [3.05, 3.63) is 76.2 Å². The van der Waals surface area contributed by atoms with Gasteiger partial charge in [-0.2, -0.15) is 5.10 Å². The minimum atomic E-state index is -0.601. The molecular formula is C20H20N6O3. The molecule has 1 aliphatic heterocycles. The number of rotatable bonds is 3. The van der Waals surface area contributed by atoms with Crippen LogP contribution in [0, 0.1) is 0 Å². The molecule has 2 heterocycles. The third-order valence-corrected chi connectivity index (χ3v) is 4.89. The number of fused-ring (bicyclic) bond motifs is 1. The van der Waals surface area contributed by atoms with E-state index in [1.54, 1.807) is 24.3 Å². The highest BCUT2D eigenvalue weighted by molar-refractivity contribution is 6.05. The van der Waals surface area contributed by atoms with Crippen molar-refractivity contribution in [1.29, 1.82) is 0 Å². The molecule has 2 amide bonds. The maximum atomic E-state index is 12.6. The van der Waals surface area contributed by atoms with Crippen molar-refractivity contribution in [2.45, 2.75) is 18.5 Å². The van der Waals surface area contributed by atoms with Crippen LogP contribution in [-0.4, -0.2) is 27.6 Å². The summed E-state index contributed by atoms with van der Waals surface area (Å²) in [4.78, 5) is 37.2. The Hall–Kier alpha value is -3.56. The summed E-state index contributed by atoms with van der Waals surface area (Å²) in [5, 5.41) is 4.85. The van der Waals surface area contributed by atoms with Crippen LogP contribution in [0.4, 0.5) is 0 Å². The van der Waals surface area contributed by atoms with E-state index in [4.69, 9.17) is 0 Å². The Morgan fingerprint density at radius 1 is 1.00 bits per heavy atom. The first kappa shape index (κ1) is 18.8. The molecular weight excluding hydrogens is 372 g/mol. The molecule has 3 aromatic rings. The van der Waals surface area contributed by atoms with Crippen LogP contribution in [0.5, 0.6) is 0 Å². The van der Waals surface area contributed by atoms with E-state index in [1.165, 1.54) is 7.05 Å². The zero-order chi connectivity index (χ0) is 20.4. The van der Waals surface area contributed by atoms with Crippen LogP contribution in [0.1, 0.15) is 28.5 Å². The number of hydrazine groups is 2. The molecule has 2 aromatic carbocycles. The van der Waals surface area contributed by atoms with E-state index < -0.39 is 11.9 Å². The number of nitrogens with zero attached hydrogens (tertiary/aromatic N) is 2. The molecule has 0 bridgehead atoms. The normalized spacial score (nSPS) is 18.5. The molecule has 29 heavy (non-hydrogen) atoms. The molecule has 2 unspecified atom stereocenters. The summed E-state index contributed by atoms with van der Waals surface area (Å²) in [7, 11) is 1.47. The van der Waals surface area contributed by atoms with Gasteiger partial charge >= 0.3 is 0 Å². The third kappa shape index (κ3) is 3.73. The molecule has 4 rings (SSSR count). The fourth-order valence-corrected chi connectivity index (χ4v) is 3.36. The Morgan fingerprint density at radius 3 is 2.45 bits per heavy atom. The predicted molar refractivity (Wildman–Crippen MR) is 106 cm³/mol. The SMILES string of the molecule is Cn1nc(C(=O)NNC(=O)C2CC(c3ccccc3)NN2)c2ccccc2c1=O. The van der Waals surface area contributed by atoms with Crippen LogP contribution >= 0.6 is 0 Å². The second-order valence-electron chi connectivity index (χ2n) is 6.81. The molecule has 0 aliphatic carbocycles. The maximum Gasteiger partial charge on any atom is 0.290 e. The lowest BCUT2D eigenvalue weighted by Gasteiger charge is -2.12. The molecule has 1 saturated heterocycles. The molecule has 9 nitrogen and oxygen atoms in total. The van der Waals surface area contributed by atoms with Gasteiger partial charge in [0.25, 0.3) is 17.4 Å². The minimum Gasteiger partial charge on any atom is -0.271 e. The van der Waals surface area contributed by atoms with Crippen LogP contribution in [0.3, 0.4) is 0 Å². The maximum absolute atomic E-state index is 12.6. The van der Waals surface area contributed by atoms with Crippen LogP contribution < -0.4 is 27.3 Å². The van der Waals surface area contributed by atoms with Crippen molar-refractivity contribution in [1.82, 2.24) is 31.5 Å². The molecule has 0 radical (unpaired) electrons. The molecule has 0 saturated carbocycles. The molecule has 4 N–H and O–H groups in total. The molecule has 2 atom stereocenters. The number of hydrogen-bond donors (Lipinski definition) is 4. The number of aromatic nitrogens is 2. The highest BCUT2D eigenvalue weighted by Gasteiger charge is 2.30. The van der Waals surface area contributed by atoms with Gasteiger partial charge in [-0.15, -0.1) is 0 Å². The average molecular weight is 392 g/mol. The van der Waals surface area contributed by atoms with Gasteiger partial charge in [0, 0.05) is 18.5 Å². The number of aryl methyl sites for hydroxylation is 1. The Morgan fingerprint density at radius 2 is 1.69 bits per heavy atom. The van der Waals surface area contributed by atoms with Crippen molar-refractivity contribution in [3.8, 4) is 0 Å². The fraction of sp³-hybridized carbons (Fsp3) is 0.200. The minimum absolute atomic E-state index is 0.00286. The van der Waals surface area contributed by atoms with Gasteiger partial charge in [-0.05, 0) is 18.1 Å². The summed E-state index contributed by atoms with van der Waals surface area (Å²) in [6, 6.07) is 16.0. The Balaban J connectivity index is 1.43. The lowest BCUT2D eigenvalue weighted by atomic mass is 10.0. The highest BCUT2D eigenvalue weighted by Crippen LogP contribution is 2.21. The van der Waals surface area contributed by atoms with Crippen molar-refractivity contribution in [2.24, 2.45) is 7.05 Å². The van der Waals surface area contributed by atoms with Crippen LogP contribution in [-0.2, 0) is 11.8 Å². The first-order chi connectivity index (χ1) is 14.0. The van der Waals surface area contributed by atoms with E-state index >= 15 is 0 Å². The Bertz CT molecular complexity index is 1130. The number of amides is 2. The lowest BCUT2D eigenvalue weighted by molar-refractivity contribution is -0.123. The zero-order valence-electron chi connectivity index (χ0n) is 15.7. The zero-order valence-corrected chi connectivity index (χ0v) is 15.7. The van der Waals surface area contributed by atoms with Gasteiger partial charge in [-0.3, -0.25) is 25.2 Å². The molecule has 1 aromatic heterocycles. The molecule has 148 valence electrons. The number of carbonyl (C=O) groups excluding carboxylic acids is 2. The van der Waals surface area contributed by atoms with E-state index in [1.807, 2.05) is 30.3 Å². The lowest BCUT2D eigenvalue weighted by Crippen LogP contribution is -2.50. The van der Waals surface area contributed by atoms with Crippen molar-refractivity contribution < 1.29 is 9.59 Å². The quantitative estimate of drug-likeness (QED) is 0.477. The van der Waals surface area contributed by atoms with Gasteiger partial charge in [0.2, 0.25) is 0 Å².